The summed E-state index contributed by atoms with van der Waals surface area (Å²) in [6.07, 6.45) is 0. The van der Waals surface area contributed by atoms with Gasteiger partial charge >= 0.3 is 0 Å². The van der Waals surface area contributed by atoms with Gasteiger partial charge in [-0.3, -0.25) is 18.2 Å². The number of benzene rings is 5. The third-order valence-corrected chi connectivity index (χ3v) is 15.5. The van der Waals surface area contributed by atoms with E-state index < -0.39 is 83.6 Å². The third-order valence-electron chi connectivity index (χ3n) is 10.8. The highest BCUT2D eigenvalue weighted by Gasteiger charge is 2.35. The lowest BCUT2D eigenvalue weighted by molar-refractivity contribution is 0.428. The van der Waals surface area contributed by atoms with Crippen LogP contribution in [0.3, 0.4) is 0 Å². The number of para-hydroxylation sites is 2. The highest BCUT2D eigenvalue weighted by atomic mass is 35.5. The second-order valence-electron chi connectivity index (χ2n) is 16.5. The molecule has 10 N–H and O–H groups in total. The molecule has 0 amide bonds. The topological polar surface area (TPSA) is 410 Å². The summed E-state index contributed by atoms with van der Waals surface area (Å²) in [4.78, 5) is 30.8. The molecule has 9 rings (SSSR count). The molecule has 78 heavy (non-hydrogen) atoms. The molecule has 0 spiro atoms. The average molecular weight is 1230 g/mol. The van der Waals surface area contributed by atoms with E-state index in [-0.39, 0.29) is 114 Å². The van der Waals surface area contributed by atoms with E-state index in [0.717, 1.165) is 12.1 Å². The van der Waals surface area contributed by atoms with E-state index in [1.54, 1.807) is 13.8 Å². The van der Waals surface area contributed by atoms with Gasteiger partial charge in [-0.15, -0.1) is 0 Å². The Kier molecular flexibility index (Phi) is 15.2. The molecule has 4 heterocycles. The van der Waals surface area contributed by atoms with E-state index in [2.05, 4.69) is 71.8 Å². The van der Waals surface area contributed by atoms with Crippen molar-refractivity contribution < 1.29 is 61.4 Å². The van der Waals surface area contributed by atoms with Crippen LogP contribution in [-0.2, 0) is 40.5 Å². The Balaban J connectivity index is 0.941. The van der Waals surface area contributed by atoms with Crippen LogP contribution in [-0.4, -0.2) is 107 Å². The Morgan fingerprint density at radius 3 is 1.18 bits per heavy atom. The fraction of sp³-hybridized carbons (Fsp3) is 0.143. The van der Waals surface area contributed by atoms with E-state index in [1.165, 1.54) is 60.7 Å². The van der Waals surface area contributed by atoms with E-state index in [4.69, 9.17) is 55.9 Å². The number of hydrogen-bond acceptors (Lipinski definition) is 24. The Morgan fingerprint density at radius 2 is 0.821 bits per heavy atom. The maximum Gasteiger partial charge on any atom is 0.300 e. The summed E-state index contributed by atoms with van der Waals surface area (Å²) in [6, 6.07) is 14.7. The molecule has 0 radical (unpaired) electrons. The van der Waals surface area contributed by atoms with Gasteiger partial charge in [0.2, 0.25) is 34.4 Å². The molecule has 0 fully saturated rings. The van der Waals surface area contributed by atoms with Crippen molar-refractivity contribution in [2.45, 2.75) is 45.5 Å². The first-order valence-electron chi connectivity index (χ1n) is 21.8. The normalized spacial score (nSPS) is 13.6. The molecular weight excluding hydrogens is 1190 g/mol. The second kappa shape index (κ2) is 21.3. The van der Waals surface area contributed by atoms with Gasteiger partial charge in [-0.05, 0) is 85.6 Å². The molecule has 5 aromatic carbocycles. The smallest absolute Gasteiger partial charge is 0.300 e. The SMILES string of the molecule is CC(CNc1ccc2c(c1S(=O)(=O)O)Oc1c(Cl)c3c(c(Cl)c1=N2)Oc1c(ccc(NCC(C)Nc2nc(Cl)nc(Nc4ccccc4S(=O)(=O)O)n2)c1S(=O)(=O)O)N=3)Nc1nc(Cl)nc(Nc2ccccc2S(=O)(=O)O)n1. The molecule has 7 aromatic rings. The Bertz CT molecular complexity index is 3980. The van der Waals surface area contributed by atoms with E-state index in [1.807, 2.05) is 0 Å². The van der Waals surface area contributed by atoms with Gasteiger partial charge in [-0.1, -0.05) is 47.5 Å². The number of nitrogens with one attached hydrogen (secondary N) is 6. The molecule has 2 unspecified atom stereocenters. The molecule has 408 valence electrons. The second-order valence-corrected chi connectivity index (χ2v) is 23.4. The van der Waals surface area contributed by atoms with E-state index in [0.29, 0.717) is 0 Å². The zero-order valence-electron chi connectivity index (χ0n) is 39.1. The standard InChI is InChI=1S/C42H34Cl4N14O14S4/c1-17(49-39-55-37(45)57-41(59-39)53-19-7-3-5-9-25(19)75(61,62)63)15-47-23-13-11-21-31(35(23)77(67,68)69)73-33-27(43)30-34(28(44)29(33)51-21)74-32-22(52-30)12-14-24(36(32)78(70,71)72)48-16-18(2)50-40-56-38(46)58-42(60-40)54-20-8-4-6-10-26(20)76(64,65)66/h3-14,17-18,47-48H,15-16H2,1-2H3,(H,61,62,63)(H,64,65,66)(H,67,68,69)(H,70,71,72)(H2,49,53,55,57,59)(H2,50,54,56,58,60). The molecule has 2 aliphatic rings. The van der Waals surface area contributed by atoms with Gasteiger partial charge in [-0.25, -0.2) is 9.98 Å². The minimum atomic E-state index is -5.13. The van der Waals surface area contributed by atoms with Gasteiger partial charge in [0.05, 0.1) is 22.7 Å². The van der Waals surface area contributed by atoms with Crippen molar-refractivity contribution in [1.29, 1.82) is 0 Å². The molecule has 2 aromatic heterocycles. The van der Waals surface area contributed by atoms with Gasteiger partial charge in [0.25, 0.3) is 40.5 Å². The first-order valence-corrected chi connectivity index (χ1v) is 29.0. The molecule has 36 heteroatoms. The molecule has 0 saturated heterocycles. The Hall–Kier alpha value is -7.08. The summed E-state index contributed by atoms with van der Waals surface area (Å²) in [6.45, 7) is 3.10. The summed E-state index contributed by atoms with van der Waals surface area (Å²) < 4.78 is 153. The molecular formula is C42H34Cl4N14O14S4. The van der Waals surface area contributed by atoms with Crippen LogP contribution >= 0.6 is 46.4 Å². The maximum atomic E-state index is 13.1. The zero-order chi connectivity index (χ0) is 56.2. The fourth-order valence-corrected chi connectivity index (χ4v) is 11.3. The first-order chi connectivity index (χ1) is 36.6. The van der Waals surface area contributed by atoms with Crippen molar-refractivity contribution in [2.75, 3.05) is 45.0 Å². The van der Waals surface area contributed by atoms with E-state index in [9.17, 15) is 51.9 Å². The molecule has 2 aliphatic heterocycles. The molecule has 2 atom stereocenters. The Labute approximate surface area is 460 Å². The molecule has 0 bridgehead atoms. The number of anilines is 8. The number of aromatic nitrogens is 6. The zero-order valence-corrected chi connectivity index (χ0v) is 45.4. The van der Waals surface area contributed by atoms with Crippen molar-refractivity contribution in [3.05, 3.63) is 104 Å². The van der Waals surface area contributed by atoms with Crippen molar-refractivity contribution in [1.82, 2.24) is 29.9 Å². The lowest BCUT2D eigenvalue weighted by atomic mass is 10.2. The predicted molar refractivity (Wildman–Crippen MR) is 283 cm³/mol. The van der Waals surface area contributed by atoms with Crippen LogP contribution in [0.2, 0.25) is 20.6 Å². The van der Waals surface area contributed by atoms with Gasteiger partial charge in [-0.2, -0.15) is 63.6 Å². The third kappa shape index (κ3) is 12.0. The fourth-order valence-electron chi connectivity index (χ4n) is 7.56. The van der Waals surface area contributed by atoms with Crippen LogP contribution in [0.4, 0.5) is 57.9 Å². The molecule has 28 nitrogen and oxygen atoms in total. The summed E-state index contributed by atoms with van der Waals surface area (Å²) >= 11 is 26.0. The van der Waals surface area contributed by atoms with Crippen molar-refractivity contribution in [3.63, 3.8) is 0 Å². The lowest BCUT2D eigenvalue weighted by Gasteiger charge is -2.24. The van der Waals surface area contributed by atoms with E-state index >= 15 is 0 Å². The minimum Gasteiger partial charge on any atom is -0.450 e. The summed E-state index contributed by atoms with van der Waals surface area (Å²) in [5.74, 6) is -2.25. The maximum absolute atomic E-state index is 13.1. The van der Waals surface area contributed by atoms with Gasteiger partial charge in [0.15, 0.2) is 32.8 Å². The van der Waals surface area contributed by atoms with Crippen LogP contribution in [0, 0.1) is 0 Å². The predicted octanol–water partition coefficient (Wildman–Crippen LogP) is 7.08. The van der Waals surface area contributed by atoms with Crippen LogP contribution in [0.5, 0.6) is 23.0 Å². The summed E-state index contributed by atoms with van der Waals surface area (Å²) in [7, 11) is -19.5. The molecule has 0 aliphatic carbocycles. The monoisotopic (exact) mass is 1230 g/mol. The largest absolute Gasteiger partial charge is 0.450 e. The number of rotatable bonds is 18. The summed E-state index contributed by atoms with van der Waals surface area (Å²) in [5, 5.41) is 15.3. The number of ether oxygens (including phenoxy) is 2. The quantitative estimate of drug-likeness (QED) is 0.0383. The summed E-state index contributed by atoms with van der Waals surface area (Å²) in [5.41, 5.74) is -0.817. The van der Waals surface area contributed by atoms with Gasteiger partial charge < -0.3 is 41.4 Å². The van der Waals surface area contributed by atoms with Crippen LogP contribution in [0.1, 0.15) is 13.8 Å². The average Bonchev–Trinajstić information content (AvgIpc) is 3.45. The first kappa shape index (κ1) is 55.7. The highest BCUT2D eigenvalue weighted by molar-refractivity contribution is 7.86. The Morgan fingerprint density at radius 1 is 0.462 bits per heavy atom. The van der Waals surface area contributed by atoms with Gasteiger partial charge in [0.1, 0.15) is 41.9 Å². The number of fused-ring (bicyclic) bond motifs is 4. The highest BCUT2D eigenvalue weighted by Crippen LogP contribution is 2.49. The van der Waals surface area contributed by atoms with Gasteiger partial charge in [0, 0.05) is 25.2 Å². The number of nitrogens with zero attached hydrogens (tertiary/aromatic N) is 8. The van der Waals surface area contributed by atoms with Crippen molar-refractivity contribution >= 4 is 145 Å². The number of hydrogen-bond donors (Lipinski definition) is 10. The van der Waals surface area contributed by atoms with Crippen LogP contribution in [0.25, 0.3) is 0 Å². The van der Waals surface area contributed by atoms with Crippen molar-refractivity contribution in [3.8, 4) is 23.0 Å². The molecule has 0 saturated carbocycles. The van der Waals surface area contributed by atoms with Crippen LogP contribution < -0.4 is 52.1 Å². The lowest BCUT2D eigenvalue weighted by Crippen LogP contribution is -2.27. The van der Waals surface area contributed by atoms with Crippen molar-refractivity contribution in [2.24, 2.45) is 9.98 Å². The number of halogens is 4. The van der Waals surface area contributed by atoms with Crippen LogP contribution in [0.15, 0.2) is 102 Å². The minimum absolute atomic E-state index is 0.0667.